The van der Waals surface area contributed by atoms with Crippen LogP contribution in [0.15, 0.2) is 24.3 Å². The Kier molecular flexibility index (Phi) is 4.68. The lowest BCUT2D eigenvalue weighted by Crippen LogP contribution is -2.04. The van der Waals surface area contributed by atoms with Crippen LogP contribution < -0.4 is 4.74 Å². The van der Waals surface area contributed by atoms with E-state index in [9.17, 15) is 4.79 Å². The summed E-state index contributed by atoms with van der Waals surface area (Å²) in [5, 5.41) is 8.87. The zero-order chi connectivity index (χ0) is 11.1. The maximum absolute atomic E-state index is 10.8. The van der Waals surface area contributed by atoms with E-state index in [0.717, 1.165) is 12.8 Å². The van der Waals surface area contributed by atoms with Gasteiger partial charge in [-0.2, -0.15) is 0 Å². The molecule has 1 N–H and O–H groups in total. The fraction of sp³-hybridized carbons (Fsp3) is 0.333. The molecule has 0 amide bonds. The lowest BCUT2D eigenvalue weighted by Gasteiger charge is -2.07. The molecule has 3 heteroatoms. The molecular weight excluding hydrogens is 192 g/mol. The van der Waals surface area contributed by atoms with Gasteiger partial charge in [-0.3, -0.25) is 0 Å². The topological polar surface area (TPSA) is 46.5 Å². The van der Waals surface area contributed by atoms with Crippen LogP contribution in [-0.4, -0.2) is 17.7 Å². The number of carboxylic acid groups (broad SMARTS) is 1. The molecule has 2 radical (unpaired) electrons. The Hall–Kier alpha value is -1.51. The van der Waals surface area contributed by atoms with Gasteiger partial charge in [0.1, 0.15) is 11.3 Å². The van der Waals surface area contributed by atoms with Crippen molar-refractivity contribution in [3.05, 3.63) is 36.8 Å². The molecule has 1 rings (SSSR count). The number of ether oxygens (including phenoxy) is 1. The summed E-state index contributed by atoms with van der Waals surface area (Å²) in [5.74, 6) is -0.550. The minimum Gasteiger partial charge on any atom is -0.493 e. The van der Waals surface area contributed by atoms with E-state index in [1.54, 1.807) is 18.2 Å². The van der Waals surface area contributed by atoms with Crippen LogP contribution in [0.3, 0.4) is 0 Å². The van der Waals surface area contributed by atoms with Crippen LogP contribution in [-0.2, 0) is 0 Å². The molecule has 0 bridgehead atoms. The highest BCUT2D eigenvalue weighted by molar-refractivity contribution is 5.90. The van der Waals surface area contributed by atoms with E-state index in [-0.39, 0.29) is 5.56 Å². The lowest BCUT2D eigenvalue weighted by molar-refractivity contribution is 0.0692. The number of hydrogen-bond donors (Lipinski definition) is 1. The normalized spacial score (nSPS) is 9.93. The van der Waals surface area contributed by atoms with Gasteiger partial charge in [-0.25, -0.2) is 4.79 Å². The van der Waals surface area contributed by atoms with E-state index in [4.69, 9.17) is 16.8 Å². The molecule has 0 saturated carbocycles. The predicted molar refractivity (Wildman–Crippen MR) is 57.0 cm³/mol. The molecule has 0 aromatic heterocycles. The highest BCUT2D eigenvalue weighted by Crippen LogP contribution is 2.18. The average molecular weight is 206 g/mol. The first kappa shape index (κ1) is 11.6. The summed E-state index contributed by atoms with van der Waals surface area (Å²) < 4.78 is 5.36. The molecule has 15 heavy (non-hydrogen) atoms. The number of carboxylic acids is 1. The Morgan fingerprint density at radius 1 is 1.33 bits per heavy atom. The Balaban J connectivity index is 2.56. The molecule has 0 saturated heterocycles. The largest absolute Gasteiger partial charge is 0.493 e. The molecule has 0 aliphatic rings. The molecule has 1 aromatic rings. The van der Waals surface area contributed by atoms with Crippen molar-refractivity contribution >= 4 is 5.97 Å². The van der Waals surface area contributed by atoms with Crippen molar-refractivity contribution in [2.45, 2.75) is 19.3 Å². The molecule has 3 nitrogen and oxygen atoms in total. The van der Waals surface area contributed by atoms with Crippen LogP contribution in [0, 0.1) is 6.92 Å². The second kappa shape index (κ2) is 6.06. The lowest BCUT2D eigenvalue weighted by atomic mass is 10.2. The number of aromatic carboxylic acids is 1. The van der Waals surface area contributed by atoms with E-state index in [0.29, 0.717) is 18.8 Å². The second-order valence-corrected chi connectivity index (χ2v) is 3.15. The average Bonchev–Trinajstić information content (AvgIpc) is 2.25. The van der Waals surface area contributed by atoms with Gasteiger partial charge in [0.2, 0.25) is 0 Å². The van der Waals surface area contributed by atoms with Crippen molar-refractivity contribution in [1.29, 1.82) is 0 Å². The predicted octanol–water partition coefficient (Wildman–Crippen LogP) is 2.64. The monoisotopic (exact) mass is 206 g/mol. The molecule has 0 spiro atoms. The number of rotatable bonds is 6. The van der Waals surface area contributed by atoms with Crippen LogP contribution in [0.4, 0.5) is 0 Å². The third-order valence-corrected chi connectivity index (χ3v) is 1.97. The van der Waals surface area contributed by atoms with Gasteiger partial charge in [0.15, 0.2) is 0 Å². The first-order valence-corrected chi connectivity index (χ1v) is 4.91. The summed E-state index contributed by atoms with van der Waals surface area (Å²) in [6, 6.07) is 6.62. The molecule has 80 valence electrons. The molecule has 0 unspecified atom stereocenters. The van der Waals surface area contributed by atoms with Crippen LogP contribution in [0.2, 0.25) is 0 Å². The number of para-hydroxylation sites is 1. The highest BCUT2D eigenvalue weighted by Gasteiger charge is 2.09. The Labute approximate surface area is 89.7 Å². The molecule has 0 atom stereocenters. The van der Waals surface area contributed by atoms with E-state index < -0.39 is 5.97 Å². The minimum atomic E-state index is -0.968. The smallest absolute Gasteiger partial charge is 0.339 e. The zero-order valence-electron chi connectivity index (χ0n) is 8.48. The molecule has 0 aliphatic carbocycles. The summed E-state index contributed by atoms with van der Waals surface area (Å²) in [6.07, 6.45) is 2.35. The molecule has 0 aliphatic heterocycles. The summed E-state index contributed by atoms with van der Waals surface area (Å²) in [5.41, 5.74) is 0.199. The van der Waals surface area contributed by atoms with Gasteiger partial charge < -0.3 is 9.84 Å². The first-order valence-electron chi connectivity index (χ1n) is 4.91. The van der Waals surface area contributed by atoms with Gasteiger partial charge in [0, 0.05) is 0 Å². The number of carbonyl (C=O) groups is 1. The Bertz CT molecular complexity index is 320. The molecular formula is C12H14O3. The van der Waals surface area contributed by atoms with Crippen LogP contribution in [0.5, 0.6) is 5.75 Å². The quantitative estimate of drug-likeness (QED) is 0.728. The summed E-state index contributed by atoms with van der Waals surface area (Å²) in [6.45, 7) is 5.84. The van der Waals surface area contributed by atoms with E-state index in [2.05, 4.69) is 0 Å². The minimum absolute atomic E-state index is 0.199. The Morgan fingerprint density at radius 3 is 2.73 bits per heavy atom. The number of unbranched alkanes of at least 4 members (excludes halogenated alkanes) is 2. The van der Waals surface area contributed by atoms with E-state index >= 15 is 0 Å². The van der Waals surface area contributed by atoms with Gasteiger partial charge in [-0.05, 0) is 38.3 Å². The summed E-state index contributed by atoms with van der Waals surface area (Å²) in [7, 11) is 0. The Morgan fingerprint density at radius 2 is 2.07 bits per heavy atom. The van der Waals surface area contributed by atoms with E-state index in [1.165, 1.54) is 6.07 Å². The van der Waals surface area contributed by atoms with Crippen molar-refractivity contribution in [2.24, 2.45) is 0 Å². The van der Waals surface area contributed by atoms with Crippen molar-refractivity contribution < 1.29 is 14.6 Å². The standard InChI is InChI=1S/C12H14O3/c1-2-3-6-9-15-11-8-5-4-7-10(11)12(13)14/h1,4-5,7-8H,2-3,6,9H2,(H,13,14). The highest BCUT2D eigenvalue weighted by atomic mass is 16.5. The fourth-order valence-corrected chi connectivity index (χ4v) is 1.20. The number of hydrogen-bond acceptors (Lipinski definition) is 2. The van der Waals surface area contributed by atoms with Gasteiger partial charge in [0.05, 0.1) is 6.61 Å². The van der Waals surface area contributed by atoms with E-state index in [1.807, 2.05) is 0 Å². The van der Waals surface area contributed by atoms with Crippen molar-refractivity contribution in [2.75, 3.05) is 6.61 Å². The third kappa shape index (κ3) is 3.62. The molecule has 1 aromatic carbocycles. The van der Waals surface area contributed by atoms with Crippen molar-refractivity contribution in [1.82, 2.24) is 0 Å². The van der Waals surface area contributed by atoms with Crippen LogP contribution in [0.1, 0.15) is 29.6 Å². The maximum Gasteiger partial charge on any atom is 0.339 e. The second-order valence-electron chi connectivity index (χ2n) is 3.15. The third-order valence-electron chi connectivity index (χ3n) is 1.97. The van der Waals surface area contributed by atoms with Crippen LogP contribution in [0.25, 0.3) is 0 Å². The summed E-state index contributed by atoms with van der Waals surface area (Å²) in [4.78, 5) is 10.8. The van der Waals surface area contributed by atoms with Gasteiger partial charge >= 0.3 is 5.97 Å². The zero-order valence-corrected chi connectivity index (χ0v) is 8.48. The first-order chi connectivity index (χ1) is 7.25. The number of benzene rings is 1. The van der Waals surface area contributed by atoms with Crippen molar-refractivity contribution in [3.8, 4) is 5.75 Å². The SMILES string of the molecule is [CH]CCCCOc1ccccc1C(=O)O. The summed E-state index contributed by atoms with van der Waals surface area (Å²) >= 11 is 0. The van der Waals surface area contributed by atoms with Gasteiger partial charge in [-0.15, -0.1) is 0 Å². The molecule has 0 heterocycles. The fourth-order valence-electron chi connectivity index (χ4n) is 1.20. The molecule has 0 fully saturated rings. The van der Waals surface area contributed by atoms with Crippen molar-refractivity contribution in [3.63, 3.8) is 0 Å². The van der Waals surface area contributed by atoms with Crippen LogP contribution >= 0.6 is 0 Å². The maximum atomic E-state index is 10.8. The van der Waals surface area contributed by atoms with Gasteiger partial charge in [-0.1, -0.05) is 12.1 Å². The van der Waals surface area contributed by atoms with Gasteiger partial charge in [0.25, 0.3) is 0 Å².